The highest BCUT2D eigenvalue weighted by Gasteiger charge is 2.15. The van der Waals surface area contributed by atoms with E-state index in [1.54, 1.807) is 6.20 Å². The lowest BCUT2D eigenvalue weighted by molar-refractivity contribution is 0.122. The fourth-order valence-corrected chi connectivity index (χ4v) is 3.68. The third kappa shape index (κ3) is 3.90. The van der Waals surface area contributed by atoms with E-state index in [1.165, 1.54) is 5.69 Å². The summed E-state index contributed by atoms with van der Waals surface area (Å²) < 4.78 is 5.52. The van der Waals surface area contributed by atoms with Crippen LogP contribution in [0.15, 0.2) is 48.7 Å². The van der Waals surface area contributed by atoms with Gasteiger partial charge in [0.05, 0.1) is 19.4 Å². The molecule has 7 heteroatoms. The van der Waals surface area contributed by atoms with Crippen LogP contribution >= 0.6 is 11.6 Å². The zero-order chi connectivity index (χ0) is 19.6. The first kappa shape index (κ1) is 18.0. The summed E-state index contributed by atoms with van der Waals surface area (Å²) in [5.74, 6) is 1.05. The number of nitrogens with zero attached hydrogens (tertiary/aromatic N) is 3. The molecule has 1 saturated heterocycles. The van der Waals surface area contributed by atoms with E-state index in [4.69, 9.17) is 16.3 Å². The molecule has 0 unspecified atom stereocenters. The van der Waals surface area contributed by atoms with E-state index in [9.17, 15) is 0 Å². The van der Waals surface area contributed by atoms with Gasteiger partial charge in [-0.3, -0.25) is 0 Å². The van der Waals surface area contributed by atoms with Gasteiger partial charge in [0, 0.05) is 30.2 Å². The zero-order valence-corrected chi connectivity index (χ0v) is 16.5. The van der Waals surface area contributed by atoms with Crippen LogP contribution in [0, 0.1) is 0 Å². The van der Waals surface area contributed by atoms with E-state index < -0.39 is 0 Å². The Labute approximate surface area is 174 Å². The summed E-state index contributed by atoms with van der Waals surface area (Å²) in [6, 6.07) is 14.4. The molecule has 0 radical (unpaired) electrons. The molecule has 1 fully saturated rings. The fraction of sp³-hybridized carbons (Fsp3) is 0.182. The lowest BCUT2D eigenvalue weighted by Gasteiger charge is -2.30. The van der Waals surface area contributed by atoms with E-state index >= 15 is 0 Å². The topological polar surface area (TPSA) is 62.3 Å². The number of halogens is 1. The van der Waals surface area contributed by atoms with Crippen LogP contribution in [-0.4, -0.2) is 36.3 Å². The van der Waals surface area contributed by atoms with Crippen molar-refractivity contribution in [2.45, 2.75) is 0 Å². The molecule has 0 aliphatic carbocycles. The van der Waals surface area contributed by atoms with E-state index in [1.807, 2.05) is 18.2 Å². The Balaban J connectivity index is 1.63. The van der Waals surface area contributed by atoms with Gasteiger partial charge in [0.1, 0.15) is 5.02 Å². The van der Waals surface area contributed by atoms with Crippen LogP contribution in [-0.2, 0) is 4.74 Å². The van der Waals surface area contributed by atoms with Gasteiger partial charge < -0.3 is 20.3 Å². The van der Waals surface area contributed by atoms with Crippen LogP contribution in [0.1, 0.15) is 11.1 Å². The van der Waals surface area contributed by atoms with Crippen molar-refractivity contribution in [1.29, 1.82) is 0 Å². The maximum atomic E-state index is 6.29. The Kier molecular flexibility index (Phi) is 4.79. The number of morpholine rings is 1. The summed E-state index contributed by atoms with van der Waals surface area (Å²) in [6.07, 6.45) is 5.87. The van der Waals surface area contributed by atoms with Gasteiger partial charge in [-0.05, 0) is 41.5 Å². The highest BCUT2D eigenvalue weighted by molar-refractivity contribution is 6.32. The van der Waals surface area contributed by atoms with Crippen LogP contribution in [0.5, 0.6) is 0 Å². The molecule has 5 rings (SSSR count). The number of hydrogen-bond donors (Lipinski definition) is 2. The summed E-state index contributed by atoms with van der Waals surface area (Å²) >= 11 is 6.29. The van der Waals surface area contributed by atoms with Crippen LogP contribution in [0.25, 0.3) is 12.2 Å². The Morgan fingerprint density at radius 2 is 1.83 bits per heavy atom. The van der Waals surface area contributed by atoms with Crippen molar-refractivity contribution in [3.05, 3.63) is 64.8 Å². The minimum atomic E-state index is 0.467. The van der Waals surface area contributed by atoms with Crippen molar-refractivity contribution in [3.63, 3.8) is 0 Å². The third-order valence-electron chi connectivity index (χ3n) is 4.98. The van der Waals surface area contributed by atoms with Crippen molar-refractivity contribution in [1.82, 2.24) is 9.97 Å². The molecule has 6 nitrogen and oxygen atoms in total. The van der Waals surface area contributed by atoms with E-state index in [0.717, 1.165) is 48.8 Å². The second-order valence-corrected chi connectivity index (χ2v) is 7.38. The number of rotatable bonds is 1. The number of nitrogens with one attached hydrogen (secondary N) is 2. The summed E-state index contributed by atoms with van der Waals surface area (Å²) in [5, 5.41) is 7.04. The monoisotopic (exact) mass is 405 g/mol. The molecule has 2 aromatic carbocycles. The number of anilines is 5. The number of aromatic nitrogens is 2. The molecule has 2 aliphatic rings. The number of ether oxygens (including phenoxy) is 1. The number of hydrogen-bond acceptors (Lipinski definition) is 6. The molecule has 6 bridgehead atoms. The third-order valence-corrected chi connectivity index (χ3v) is 5.26. The van der Waals surface area contributed by atoms with E-state index in [2.05, 4.69) is 61.9 Å². The lowest BCUT2D eigenvalue weighted by Crippen LogP contribution is -2.36. The SMILES string of the molecule is Clc1cnc2nc1Nc1cccc(c1)/C=C\c1cc(ccc1N1CCOCC1)N2. The van der Waals surface area contributed by atoms with Gasteiger partial charge in [-0.15, -0.1) is 0 Å². The largest absolute Gasteiger partial charge is 0.378 e. The maximum absolute atomic E-state index is 6.29. The molecule has 0 atom stereocenters. The normalized spacial score (nSPS) is 16.5. The molecular formula is C22H20ClN5O. The average Bonchev–Trinajstić information content (AvgIpc) is 2.76. The summed E-state index contributed by atoms with van der Waals surface area (Å²) in [7, 11) is 0. The molecular weight excluding hydrogens is 386 g/mol. The molecule has 0 saturated carbocycles. The quantitative estimate of drug-likeness (QED) is 0.468. The summed E-state index contributed by atoms with van der Waals surface area (Å²) in [5.41, 5.74) is 5.24. The number of benzene rings is 2. The van der Waals surface area contributed by atoms with Crippen LogP contribution in [0.4, 0.5) is 28.8 Å². The van der Waals surface area contributed by atoms with Crippen LogP contribution < -0.4 is 15.5 Å². The Morgan fingerprint density at radius 1 is 0.966 bits per heavy atom. The standard InChI is InChI=1S/C22H20ClN5O/c23-19-14-24-22-26-18-6-7-20(28-8-10-29-11-9-28)16(13-18)5-4-15-2-1-3-17(12-15)25-21(19)27-22/h1-7,12-14H,8-11H2,(H2,24,25,26,27)/b5-4-. The fourth-order valence-electron chi connectivity index (χ4n) is 3.54. The van der Waals surface area contributed by atoms with E-state index in [-0.39, 0.29) is 0 Å². The molecule has 1 aromatic heterocycles. The first-order valence-corrected chi connectivity index (χ1v) is 9.94. The van der Waals surface area contributed by atoms with Gasteiger partial charge in [0.15, 0.2) is 5.82 Å². The van der Waals surface area contributed by atoms with Gasteiger partial charge in [-0.2, -0.15) is 4.98 Å². The second-order valence-electron chi connectivity index (χ2n) is 6.97. The molecule has 3 heterocycles. The van der Waals surface area contributed by atoms with Crippen molar-refractivity contribution in [2.24, 2.45) is 0 Å². The molecule has 146 valence electrons. The minimum Gasteiger partial charge on any atom is -0.378 e. The molecule has 0 amide bonds. The van der Waals surface area contributed by atoms with E-state index in [0.29, 0.717) is 16.8 Å². The minimum absolute atomic E-state index is 0.467. The van der Waals surface area contributed by atoms with Gasteiger partial charge >= 0.3 is 0 Å². The highest BCUT2D eigenvalue weighted by Crippen LogP contribution is 2.30. The average molecular weight is 406 g/mol. The Hall–Kier alpha value is -3.09. The van der Waals surface area contributed by atoms with Crippen LogP contribution in [0.2, 0.25) is 5.02 Å². The Bertz CT molecular complexity index is 1080. The molecule has 29 heavy (non-hydrogen) atoms. The Morgan fingerprint density at radius 3 is 2.72 bits per heavy atom. The smallest absolute Gasteiger partial charge is 0.229 e. The van der Waals surface area contributed by atoms with Crippen molar-refractivity contribution in [2.75, 3.05) is 41.8 Å². The zero-order valence-electron chi connectivity index (χ0n) is 15.7. The first-order chi connectivity index (χ1) is 14.2. The molecule has 2 N–H and O–H groups in total. The molecule has 2 aliphatic heterocycles. The van der Waals surface area contributed by atoms with Gasteiger partial charge in [0.25, 0.3) is 0 Å². The van der Waals surface area contributed by atoms with Crippen molar-refractivity contribution < 1.29 is 4.74 Å². The van der Waals surface area contributed by atoms with Crippen molar-refractivity contribution >= 4 is 52.6 Å². The summed E-state index contributed by atoms with van der Waals surface area (Å²) in [4.78, 5) is 11.2. The van der Waals surface area contributed by atoms with Crippen molar-refractivity contribution in [3.8, 4) is 0 Å². The van der Waals surface area contributed by atoms with Gasteiger partial charge in [-0.1, -0.05) is 35.9 Å². The van der Waals surface area contributed by atoms with Gasteiger partial charge in [0.2, 0.25) is 5.95 Å². The predicted molar refractivity (Wildman–Crippen MR) is 118 cm³/mol. The number of fused-ring (bicyclic) bond motifs is 6. The van der Waals surface area contributed by atoms with Crippen LogP contribution in [0.3, 0.4) is 0 Å². The summed E-state index contributed by atoms with van der Waals surface area (Å²) in [6.45, 7) is 3.27. The first-order valence-electron chi connectivity index (χ1n) is 9.56. The molecule has 0 spiro atoms. The highest BCUT2D eigenvalue weighted by atomic mass is 35.5. The lowest BCUT2D eigenvalue weighted by atomic mass is 10.1. The van der Waals surface area contributed by atoms with Gasteiger partial charge in [-0.25, -0.2) is 4.98 Å². The predicted octanol–water partition coefficient (Wildman–Crippen LogP) is 4.94. The second kappa shape index (κ2) is 7.73. The molecule has 3 aromatic rings. The maximum Gasteiger partial charge on any atom is 0.229 e.